The highest BCUT2D eigenvalue weighted by atomic mass is 35.5. The number of halogens is 1. The van der Waals surface area contributed by atoms with Crippen LogP contribution in [0.15, 0.2) is 42.5 Å². The van der Waals surface area contributed by atoms with E-state index in [0.29, 0.717) is 17.2 Å². The first-order valence-electron chi connectivity index (χ1n) is 5.96. The molecule has 1 N–H and O–H groups in total. The molecule has 1 unspecified atom stereocenters. The van der Waals surface area contributed by atoms with Gasteiger partial charge in [-0.2, -0.15) is 5.26 Å². The van der Waals surface area contributed by atoms with Gasteiger partial charge in [0.15, 0.2) is 0 Å². The van der Waals surface area contributed by atoms with Crippen molar-refractivity contribution in [1.29, 1.82) is 5.26 Å². The van der Waals surface area contributed by atoms with Crippen molar-refractivity contribution in [2.45, 2.75) is 6.04 Å². The number of nitrogens with zero attached hydrogens (tertiary/aromatic N) is 1. The van der Waals surface area contributed by atoms with Gasteiger partial charge < -0.3 is 10.1 Å². The van der Waals surface area contributed by atoms with Crippen molar-refractivity contribution in [1.82, 2.24) is 0 Å². The minimum Gasteiger partial charge on any atom is -0.491 e. The average Bonchev–Trinajstić information content (AvgIpc) is 2.84. The summed E-state index contributed by atoms with van der Waals surface area (Å²) in [5.41, 5.74) is 2.43. The number of fused-ring (bicyclic) bond motifs is 1. The molecule has 0 spiro atoms. The van der Waals surface area contributed by atoms with E-state index < -0.39 is 0 Å². The summed E-state index contributed by atoms with van der Waals surface area (Å²) in [5, 5.41) is 13.0. The number of ether oxygens (including phenoxy) is 1. The van der Waals surface area contributed by atoms with E-state index in [4.69, 9.17) is 21.6 Å². The van der Waals surface area contributed by atoms with E-state index in [9.17, 15) is 0 Å². The van der Waals surface area contributed by atoms with E-state index >= 15 is 0 Å². The number of nitriles is 1. The molecule has 1 aliphatic rings. The fourth-order valence-corrected chi connectivity index (χ4v) is 2.38. The lowest BCUT2D eigenvalue weighted by atomic mass is 10.1. The van der Waals surface area contributed by atoms with Crippen molar-refractivity contribution >= 4 is 17.3 Å². The number of anilines is 1. The normalized spacial score (nSPS) is 16.3. The Kier molecular flexibility index (Phi) is 3.02. The van der Waals surface area contributed by atoms with E-state index in [2.05, 4.69) is 11.4 Å². The Labute approximate surface area is 116 Å². The molecule has 1 heterocycles. The van der Waals surface area contributed by atoms with Crippen LogP contribution in [0.1, 0.15) is 17.2 Å². The summed E-state index contributed by atoms with van der Waals surface area (Å²) in [6, 6.07) is 15.4. The molecule has 19 heavy (non-hydrogen) atoms. The quantitative estimate of drug-likeness (QED) is 0.904. The van der Waals surface area contributed by atoms with E-state index in [1.54, 1.807) is 12.1 Å². The summed E-state index contributed by atoms with van der Waals surface area (Å²) in [6.45, 7) is 0.562. The van der Waals surface area contributed by atoms with E-state index in [0.717, 1.165) is 17.0 Å². The summed E-state index contributed by atoms with van der Waals surface area (Å²) in [7, 11) is 0. The van der Waals surface area contributed by atoms with E-state index in [-0.39, 0.29) is 6.04 Å². The lowest BCUT2D eigenvalue weighted by Gasteiger charge is -2.14. The fraction of sp³-hybridized carbons (Fsp3) is 0.133. The summed E-state index contributed by atoms with van der Waals surface area (Å²) in [6.07, 6.45) is 0. The largest absolute Gasteiger partial charge is 0.491 e. The van der Waals surface area contributed by atoms with Crippen molar-refractivity contribution < 1.29 is 4.74 Å². The molecule has 2 aromatic rings. The zero-order valence-electron chi connectivity index (χ0n) is 10.1. The minimum absolute atomic E-state index is 0.0597. The lowest BCUT2D eigenvalue weighted by molar-refractivity contribution is 0.340. The second-order valence-corrected chi connectivity index (χ2v) is 4.78. The second kappa shape index (κ2) is 4.83. The zero-order chi connectivity index (χ0) is 13.2. The molecule has 94 valence electrons. The summed E-state index contributed by atoms with van der Waals surface area (Å²) in [4.78, 5) is 0. The van der Waals surface area contributed by atoms with Crippen LogP contribution in [0, 0.1) is 11.3 Å². The number of hydrogen-bond acceptors (Lipinski definition) is 3. The molecule has 1 atom stereocenters. The van der Waals surface area contributed by atoms with Crippen molar-refractivity contribution in [2.75, 3.05) is 11.9 Å². The van der Waals surface area contributed by atoms with Gasteiger partial charge in [-0.1, -0.05) is 29.8 Å². The van der Waals surface area contributed by atoms with Gasteiger partial charge in [0.1, 0.15) is 18.4 Å². The highest BCUT2D eigenvalue weighted by Gasteiger charge is 2.23. The SMILES string of the molecule is N#Cc1cc(Cl)ccc1NC1COc2ccccc21. The molecule has 0 saturated heterocycles. The summed E-state index contributed by atoms with van der Waals surface area (Å²) < 4.78 is 5.61. The zero-order valence-corrected chi connectivity index (χ0v) is 10.8. The van der Waals surface area contributed by atoms with Crippen LogP contribution in [0.3, 0.4) is 0 Å². The molecular formula is C15H11ClN2O. The third-order valence-electron chi connectivity index (χ3n) is 3.13. The predicted molar refractivity (Wildman–Crippen MR) is 74.5 cm³/mol. The van der Waals surface area contributed by atoms with Crippen LogP contribution >= 0.6 is 11.6 Å². The smallest absolute Gasteiger partial charge is 0.124 e. The van der Waals surface area contributed by atoms with Crippen molar-refractivity contribution in [3.05, 3.63) is 58.6 Å². The molecule has 2 aromatic carbocycles. The van der Waals surface area contributed by atoms with Crippen LogP contribution in [0.25, 0.3) is 0 Å². The Balaban J connectivity index is 1.90. The highest BCUT2D eigenvalue weighted by molar-refractivity contribution is 6.30. The molecule has 1 aliphatic heterocycles. The maximum absolute atomic E-state index is 9.13. The van der Waals surface area contributed by atoms with Gasteiger partial charge >= 0.3 is 0 Å². The van der Waals surface area contributed by atoms with Crippen LogP contribution in [0.4, 0.5) is 5.69 Å². The number of rotatable bonds is 2. The minimum atomic E-state index is 0.0597. The van der Waals surface area contributed by atoms with Gasteiger partial charge in [0.25, 0.3) is 0 Å². The van der Waals surface area contributed by atoms with Gasteiger partial charge in [-0.3, -0.25) is 0 Å². The number of benzene rings is 2. The van der Waals surface area contributed by atoms with E-state index in [1.807, 2.05) is 30.3 Å². The van der Waals surface area contributed by atoms with Crippen LogP contribution in [-0.4, -0.2) is 6.61 Å². The molecule has 0 amide bonds. The molecule has 3 nitrogen and oxygen atoms in total. The number of nitrogens with one attached hydrogen (secondary N) is 1. The Morgan fingerprint density at radius 2 is 2.11 bits per heavy atom. The Morgan fingerprint density at radius 1 is 1.26 bits per heavy atom. The maximum Gasteiger partial charge on any atom is 0.124 e. The van der Waals surface area contributed by atoms with Gasteiger partial charge in [0, 0.05) is 10.6 Å². The third-order valence-corrected chi connectivity index (χ3v) is 3.37. The predicted octanol–water partition coefficient (Wildman–Crippen LogP) is 3.76. The molecule has 0 aromatic heterocycles. The Bertz CT molecular complexity index is 663. The van der Waals surface area contributed by atoms with Crippen LogP contribution < -0.4 is 10.1 Å². The van der Waals surface area contributed by atoms with E-state index in [1.165, 1.54) is 0 Å². The molecule has 0 fully saturated rings. The number of hydrogen-bond donors (Lipinski definition) is 1. The van der Waals surface area contributed by atoms with Crippen molar-refractivity contribution in [3.63, 3.8) is 0 Å². The fourth-order valence-electron chi connectivity index (χ4n) is 2.20. The average molecular weight is 271 g/mol. The molecular weight excluding hydrogens is 260 g/mol. The Hall–Kier alpha value is -2.18. The third kappa shape index (κ3) is 2.23. The van der Waals surface area contributed by atoms with Gasteiger partial charge in [0.05, 0.1) is 17.3 Å². The molecule has 0 radical (unpaired) electrons. The monoisotopic (exact) mass is 270 g/mol. The molecule has 0 saturated carbocycles. The van der Waals surface area contributed by atoms with Crippen molar-refractivity contribution in [3.8, 4) is 11.8 Å². The van der Waals surface area contributed by atoms with Crippen molar-refractivity contribution in [2.24, 2.45) is 0 Å². The first kappa shape index (κ1) is 11.9. The highest BCUT2D eigenvalue weighted by Crippen LogP contribution is 2.35. The number of para-hydroxylation sites is 1. The molecule has 4 heteroatoms. The lowest BCUT2D eigenvalue weighted by Crippen LogP contribution is -2.12. The summed E-state index contributed by atoms with van der Waals surface area (Å²) >= 11 is 5.89. The van der Waals surface area contributed by atoms with Gasteiger partial charge in [-0.15, -0.1) is 0 Å². The molecule has 3 rings (SSSR count). The Morgan fingerprint density at radius 3 is 2.95 bits per heavy atom. The molecule has 0 bridgehead atoms. The van der Waals surface area contributed by atoms with Gasteiger partial charge in [-0.05, 0) is 24.3 Å². The van der Waals surface area contributed by atoms with Gasteiger partial charge in [0.2, 0.25) is 0 Å². The van der Waals surface area contributed by atoms with Crippen LogP contribution in [0.5, 0.6) is 5.75 Å². The summed E-state index contributed by atoms with van der Waals surface area (Å²) in [5.74, 6) is 0.896. The van der Waals surface area contributed by atoms with Crippen LogP contribution in [-0.2, 0) is 0 Å². The molecule has 0 aliphatic carbocycles. The van der Waals surface area contributed by atoms with Gasteiger partial charge in [-0.25, -0.2) is 0 Å². The first-order chi connectivity index (χ1) is 9.28. The first-order valence-corrected chi connectivity index (χ1v) is 6.33. The second-order valence-electron chi connectivity index (χ2n) is 4.35. The van der Waals surface area contributed by atoms with Crippen LogP contribution in [0.2, 0.25) is 5.02 Å². The standard InChI is InChI=1S/C15H11ClN2O/c16-11-5-6-13(10(7-11)8-17)18-14-9-19-15-4-2-1-3-12(14)15/h1-7,14,18H,9H2. The topological polar surface area (TPSA) is 45.0 Å². The maximum atomic E-state index is 9.13.